The minimum absolute atomic E-state index is 0.131. The Hall–Kier alpha value is -3.70. The van der Waals surface area contributed by atoms with Gasteiger partial charge in [0.05, 0.1) is 16.8 Å². The SMILES string of the molecule is CC(=O)Nc1ccc(-c2cc(C(=O)NCc3ccccc3Cl)c3ccccc3n2)cc1. The van der Waals surface area contributed by atoms with Gasteiger partial charge in [0, 0.05) is 35.1 Å². The maximum Gasteiger partial charge on any atom is 0.252 e. The van der Waals surface area contributed by atoms with E-state index in [0.29, 0.717) is 28.5 Å². The highest BCUT2D eigenvalue weighted by molar-refractivity contribution is 6.31. The second kappa shape index (κ2) is 8.98. The number of amides is 2. The van der Waals surface area contributed by atoms with E-state index in [0.717, 1.165) is 22.0 Å². The lowest BCUT2D eigenvalue weighted by Gasteiger charge is -2.12. The van der Waals surface area contributed by atoms with E-state index in [1.54, 1.807) is 12.1 Å². The average Bonchev–Trinajstić information content (AvgIpc) is 2.77. The number of halogens is 1. The first-order chi connectivity index (χ1) is 15.0. The van der Waals surface area contributed by atoms with Gasteiger partial charge in [-0.2, -0.15) is 0 Å². The molecule has 154 valence electrons. The number of nitrogens with zero attached hydrogens (tertiary/aromatic N) is 1. The number of benzene rings is 3. The van der Waals surface area contributed by atoms with Crippen molar-refractivity contribution in [2.24, 2.45) is 0 Å². The fourth-order valence-corrected chi connectivity index (χ4v) is 3.55. The molecule has 0 fully saturated rings. The fraction of sp³-hybridized carbons (Fsp3) is 0.0800. The molecule has 0 spiro atoms. The molecule has 4 aromatic rings. The highest BCUT2D eigenvalue weighted by Crippen LogP contribution is 2.26. The van der Waals surface area contributed by atoms with Crippen molar-refractivity contribution in [1.82, 2.24) is 10.3 Å². The number of hydrogen-bond acceptors (Lipinski definition) is 3. The van der Waals surface area contributed by atoms with E-state index >= 15 is 0 Å². The number of aromatic nitrogens is 1. The largest absolute Gasteiger partial charge is 0.348 e. The third-order valence-corrected chi connectivity index (χ3v) is 5.23. The van der Waals surface area contributed by atoms with Crippen LogP contribution in [0.25, 0.3) is 22.2 Å². The van der Waals surface area contributed by atoms with Crippen LogP contribution in [0.4, 0.5) is 5.69 Å². The summed E-state index contributed by atoms with van der Waals surface area (Å²) >= 11 is 6.21. The van der Waals surface area contributed by atoms with Crippen molar-refractivity contribution in [2.45, 2.75) is 13.5 Å². The first-order valence-corrected chi connectivity index (χ1v) is 10.2. The summed E-state index contributed by atoms with van der Waals surface area (Å²) in [5.41, 5.74) is 4.35. The second-order valence-electron chi connectivity index (χ2n) is 7.10. The van der Waals surface area contributed by atoms with Crippen molar-refractivity contribution in [1.29, 1.82) is 0 Å². The Labute approximate surface area is 185 Å². The molecule has 0 bridgehead atoms. The molecule has 0 aliphatic heterocycles. The topological polar surface area (TPSA) is 71.1 Å². The van der Waals surface area contributed by atoms with Gasteiger partial charge < -0.3 is 10.6 Å². The van der Waals surface area contributed by atoms with E-state index in [9.17, 15) is 9.59 Å². The van der Waals surface area contributed by atoms with E-state index in [1.807, 2.05) is 66.7 Å². The molecule has 0 saturated carbocycles. The standard InChI is InChI=1S/C25H20ClN3O2/c1-16(30)28-19-12-10-17(11-13-19)24-14-21(20-7-3-5-9-23(20)29-24)25(31)27-15-18-6-2-4-8-22(18)26/h2-14H,15H2,1H3,(H,27,31)(H,28,30). The molecule has 0 radical (unpaired) electrons. The van der Waals surface area contributed by atoms with Crippen molar-refractivity contribution in [3.8, 4) is 11.3 Å². The van der Waals surface area contributed by atoms with Crippen LogP contribution in [0.2, 0.25) is 5.02 Å². The van der Waals surface area contributed by atoms with E-state index in [2.05, 4.69) is 10.6 Å². The summed E-state index contributed by atoms with van der Waals surface area (Å²) in [5, 5.41) is 7.09. The van der Waals surface area contributed by atoms with Gasteiger partial charge in [-0.25, -0.2) is 4.98 Å². The maximum atomic E-state index is 13.1. The Bertz CT molecular complexity index is 1270. The van der Waals surface area contributed by atoms with Crippen LogP contribution < -0.4 is 10.6 Å². The summed E-state index contributed by atoms with van der Waals surface area (Å²) < 4.78 is 0. The first-order valence-electron chi connectivity index (χ1n) is 9.80. The number of fused-ring (bicyclic) bond motifs is 1. The smallest absolute Gasteiger partial charge is 0.252 e. The average molecular weight is 430 g/mol. The highest BCUT2D eigenvalue weighted by Gasteiger charge is 2.14. The van der Waals surface area contributed by atoms with Crippen LogP contribution in [-0.2, 0) is 11.3 Å². The van der Waals surface area contributed by atoms with Crippen LogP contribution in [0.3, 0.4) is 0 Å². The number of rotatable bonds is 5. The van der Waals surface area contributed by atoms with E-state index < -0.39 is 0 Å². The number of carbonyl (C=O) groups excluding carboxylic acids is 2. The first kappa shape index (κ1) is 20.6. The maximum absolute atomic E-state index is 13.1. The second-order valence-corrected chi connectivity index (χ2v) is 7.51. The molecule has 0 aliphatic rings. The highest BCUT2D eigenvalue weighted by atomic mass is 35.5. The lowest BCUT2D eigenvalue weighted by molar-refractivity contribution is -0.114. The van der Waals surface area contributed by atoms with Crippen LogP contribution in [-0.4, -0.2) is 16.8 Å². The molecule has 1 heterocycles. The normalized spacial score (nSPS) is 10.6. The number of hydrogen-bond donors (Lipinski definition) is 2. The van der Waals surface area contributed by atoms with Gasteiger partial charge in [-0.15, -0.1) is 0 Å². The Kier molecular flexibility index (Phi) is 5.96. The third-order valence-electron chi connectivity index (χ3n) is 4.86. The van der Waals surface area contributed by atoms with Crippen LogP contribution in [0.1, 0.15) is 22.8 Å². The molecule has 31 heavy (non-hydrogen) atoms. The summed E-state index contributed by atoms with van der Waals surface area (Å²) in [5.74, 6) is -0.330. The van der Waals surface area contributed by atoms with Crippen molar-refractivity contribution >= 4 is 40.0 Å². The molecule has 6 heteroatoms. The zero-order chi connectivity index (χ0) is 21.8. The molecule has 1 aromatic heterocycles. The predicted molar refractivity (Wildman–Crippen MR) is 124 cm³/mol. The van der Waals surface area contributed by atoms with Crippen molar-refractivity contribution < 1.29 is 9.59 Å². The molecule has 0 aliphatic carbocycles. The van der Waals surface area contributed by atoms with Gasteiger partial charge >= 0.3 is 0 Å². The quantitative estimate of drug-likeness (QED) is 0.443. The summed E-state index contributed by atoms with van der Waals surface area (Å²) in [6.07, 6.45) is 0. The van der Waals surface area contributed by atoms with Crippen LogP contribution in [0.15, 0.2) is 78.9 Å². The number of carbonyl (C=O) groups is 2. The molecular weight excluding hydrogens is 410 g/mol. The minimum atomic E-state index is -0.199. The van der Waals surface area contributed by atoms with E-state index in [-0.39, 0.29) is 11.8 Å². The molecule has 5 nitrogen and oxygen atoms in total. The van der Waals surface area contributed by atoms with Gasteiger partial charge in [-0.1, -0.05) is 60.1 Å². The zero-order valence-corrected chi connectivity index (χ0v) is 17.6. The predicted octanol–water partition coefficient (Wildman–Crippen LogP) is 5.44. The summed E-state index contributed by atoms with van der Waals surface area (Å²) in [7, 11) is 0. The number of nitrogens with one attached hydrogen (secondary N) is 2. The van der Waals surface area contributed by atoms with Crippen LogP contribution in [0, 0.1) is 0 Å². The Morgan fingerprint density at radius 2 is 1.65 bits per heavy atom. The minimum Gasteiger partial charge on any atom is -0.348 e. The molecular formula is C25H20ClN3O2. The van der Waals surface area contributed by atoms with E-state index in [1.165, 1.54) is 6.92 Å². The van der Waals surface area contributed by atoms with Crippen LogP contribution in [0.5, 0.6) is 0 Å². The lowest BCUT2D eigenvalue weighted by Crippen LogP contribution is -2.23. The molecule has 0 unspecified atom stereocenters. The molecule has 3 aromatic carbocycles. The molecule has 4 rings (SSSR count). The van der Waals surface area contributed by atoms with Crippen molar-refractivity contribution in [3.05, 3.63) is 95.0 Å². The van der Waals surface area contributed by atoms with Gasteiger partial charge in [0.2, 0.25) is 5.91 Å². The summed E-state index contributed by atoms with van der Waals surface area (Å²) in [6.45, 7) is 1.79. The van der Waals surface area contributed by atoms with E-state index in [4.69, 9.17) is 16.6 Å². The molecule has 0 atom stereocenters. The zero-order valence-electron chi connectivity index (χ0n) is 16.9. The monoisotopic (exact) mass is 429 g/mol. The lowest BCUT2D eigenvalue weighted by atomic mass is 10.0. The van der Waals surface area contributed by atoms with Crippen molar-refractivity contribution in [3.63, 3.8) is 0 Å². The fourth-order valence-electron chi connectivity index (χ4n) is 3.35. The molecule has 2 amide bonds. The summed E-state index contributed by atoms with van der Waals surface area (Å²) in [6, 6.07) is 24.1. The van der Waals surface area contributed by atoms with Gasteiger partial charge in [0.15, 0.2) is 0 Å². The number of anilines is 1. The number of para-hydroxylation sites is 1. The molecule has 2 N–H and O–H groups in total. The third kappa shape index (κ3) is 4.73. The number of pyridine rings is 1. The Morgan fingerprint density at radius 1 is 0.935 bits per heavy atom. The summed E-state index contributed by atoms with van der Waals surface area (Å²) in [4.78, 5) is 29.0. The Balaban J connectivity index is 1.67. The van der Waals surface area contributed by atoms with Crippen molar-refractivity contribution in [2.75, 3.05) is 5.32 Å². The Morgan fingerprint density at radius 3 is 2.39 bits per heavy atom. The molecule has 0 saturated heterocycles. The van der Waals surface area contributed by atoms with Gasteiger partial charge in [-0.05, 0) is 35.9 Å². The van der Waals surface area contributed by atoms with Gasteiger partial charge in [0.1, 0.15) is 0 Å². The van der Waals surface area contributed by atoms with Gasteiger partial charge in [-0.3, -0.25) is 9.59 Å². The van der Waals surface area contributed by atoms with Gasteiger partial charge in [0.25, 0.3) is 5.91 Å². The van der Waals surface area contributed by atoms with Crippen LogP contribution >= 0.6 is 11.6 Å².